The van der Waals surface area contributed by atoms with E-state index in [2.05, 4.69) is 15.9 Å². The van der Waals surface area contributed by atoms with Gasteiger partial charge in [0.1, 0.15) is 0 Å². The molecular formula is C15H18BrN3O5S. The fourth-order valence-corrected chi connectivity index (χ4v) is 5.44. The van der Waals surface area contributed by atoms with Crippen molar-refractivity contribution in [2.45, 2.75) is 36.6 Å². The van der Waals surface area contributed by atoms with Gasteiger partial charge in [-0.15, -0.1) is 0 Å². The minimum atomic E-state index is -4.00. The molecule has 10 heteroatoms. The van der Waals surface area contributed by atoms with Crippen LogP contribution in [0.5, 0.6) is 0 Å². The van der Waals surface area contributed by atoms with Crippen molar-refractivity contribution in [1.82, 2.24) is 9.21 Å². The largest absolute Gasteiger partial charge is 0.338 e. The van der Waals surface area contributed by atoms with Gasteiger partial charge in [-0.05, 0) is 31.4 Å². The molecular weight excluding hydrogens is 414 g/mol. The molecule has 8 nitrogen and oxygen atoms in total. The molecule has 0 bridgehead atoms. The molecule has 0 spiro atoms. The van der Waals surface area contributed by atoms with Crippen LogP contribution in [-0.4, -0.2) is 54.1 Å². The average Bonchev–Trinajstić information content (AvgIpc) is 3.00. The van der Waals surface area contributed by atoms with Gasteiger partial charge < -0.3 is 4.90 Å². The number of piperidine rings is 1. The number of hydrogen-bond acceptors (Lipinski definition) is 5. The molecule has 1 aromatic carbocycles. The molecule has 1 aromatic rings. The van der Waals surface area contributed by atoms with Crippen molar-refractivity contribution in [3.63, 3.8) is 0 Å². The van der Waals surface area contributed by atoms with Gasteiger partial charge in [-0.1, -0.05) is 15.9 Å². The Morgan fingerprint density at radius 1 is 1.24 bits per heavy atom. The van der Waals surface area contributed by atoms with Crippen LogP contribution in [0.3, 0.4) is 0 Å². The van der Waals surface area contributed by atoms with Gasteiger partial charge in [0.15, 0.2) is 4.90 Å². The fourth-order valence-electron chi connectivity index (χ4n) is 3.44. The van der Waals surface area contributed by atoms with Crippen LogP contribution in [0.15, 0.2) is 27.6 Å². The molecule has 0 aliphatic carbocycles. The Balaban J connectivity index is 1.90. The molecule has 2 saturated heterocycles. The van der Waals surface area contributed by atoms with Crippen molar-refractivity contribution < 1.29 is 18.1 Å². The summed E-state index contributed by atoms with van der Waals surface area (Å²) in [6.07, 6.45) is 2.67. The van der Waals surface area contributed by atoms with Gasteiger partial charge in [-0.2, -0.15) is 4.31 Å². The van der Waals surface area contributed by atoms with E-state index < -0.39 is 20.6 Å². The first-order valence-electron chi connectivity index (χ1n) is 8.04. The van der Waals surface area contributed by atoms with Gasteiger partial charge in [0.25, 0.3) is 5.69 Å². The predicted molar refractivity (Wildman–Crippen MR) is 93.5 cm³/mol. The molecule has 0 saturated carbocycles. The fraction of sp³-hybridized carbons (Fsp3) is 0.533. The summed E-state index contributed by atoms with van der Waals surface area (Å²) in [5.74, 6) is 0.0545. The lowest BCUT2D eigenvalue weighted by atomic mass is 10.1. The number of nitro groups is 1. The molecule has 25 heavy (non-hydrogen) atoms. The number of nitro benzene ring substituents is 1. The van der Waals surface area contributed by atoms with Crippen LogP contribution in [0.1, 0.15) is 25.7 Å². The number of hydrogen-bond donors (Lipinski definition) is 0. The summed E-state index contributed by atoms with van der Waals surface area (Å²) in [5, 5.41) is 11.3. The summed E-state index contributed by atoms with van der Waals surface area (Å²) in [5.41, 5.74) is -0.450. The number of nitrogens with zero attached hydrogens (tertiary/aromatic N) is 3. The van der Waals surface area contributed by atoms with Gasteiger partial charge in [-0.25, -0.2) is 8.42 Å². The van der Waals surface area contributed by atoms with Crippen molar-refractivity contribution in [3.8, 4) is 0 Å². The summed E-state index contributed by atoms with van der Waals surface area (Å²) in [6.45, 7) is 1.13. The first-order valence-corrected chi connectivity index (χ1v) is 10.3. The standard InChI is InChI=1S/C15H18BrN3O5S/c16-11-5-6-14(13(9-11)19(21)22)25(23,24)17-7-1-3-12(10-17)18-8-2-4-15(18)20/h5-6,9,12H,1-4,7-8,10H2. The summed E-state index contributed by atoms with van der Waals surface area (Å²) < 4.78 is 27.6. The maximum atomic E-state index is 13.0. The van der Waals surface area contributed by atoms with Gasteiger partial charge in [0.2, 0.25) is 15.9 Å². The number of likely N-dealkylation sites (tertiary alicyclic amines) is 1. The predicted octanol–water partition coefficient (Wildman–Crippen LogP) is 2.13. The van der Waals surface area contributed by atoms with Crippen LogP contribution in [0.4, 0.5) is 5.69 Å². The molecule has 2 aliphatic rings. The van der Waals surface area contributed by atoms with E-state index in [0.29, 0.717) is 30.4 Å². The van der Waals surface area contributed by atoms with E-state index in [1.807, 2.05) is 0 Å². The third-order valence-electron chi connectivity index (χ3n) is 4.65. The first kappa shape index (κ1) is 18.3. The van der Waals surface area contributed by atoms with Crippen LogP contribution in [0.25, 0.3) is 0 Å². The number of halogens is 1. The quantitative estimate of drug-likeness (QED) is 0.536. The third kappa shape index (κ3) is 3.56. The highest BCUT2D eigenvalue weighted by Crippen LogP contribution is 2.32. The molecule has 136 valence electrons. The van der Waals surface area contributed by atoms with Gasteiger partial charge in [0.05, 0.1) is 4.92 Å². The van der Waals surface area contributed by atoms with E-state index in [1.54, 1.807) is 4.90 Å². The maximum absolute atomic E-state index is 13.0. The van der Waals surface area contributed by atoms with E-state index in [4.69, 9.17) is 0 Å². The second kappa shape index (κ2) is 7.00. The Kier molecular flexibility index (Phi) is 5.12. The Labute approximate surface area is 154 Å². The number of carbonyl (C=O) groups is 1. The summed E-state index contributed by atoms with van der Waals surface area (Å²) in [4.78, 5) is 24.0. The summed E-state index contributed by atoms with van der Waals surface area (Å²) in [7, 11) is -4.00. The average molecular weight is 432 g/mol. The Bertz CT molecular complexity index is 813. The van der Waals surface area contributed by atoms with Gasteiger partial charge >= 0.3 is 0 Å². The molecule has 2 fully saturated rings. The second-order valence-corrected chi connectivity index (χ2v) is 9.04. The smallest absolute Gasteiger partial charge is 0.290 e. The van der Waals surface area contributed by atoms with Crippen LogP contribution < -0.4 is 0 Å². The zero-order valence-corrected chi connectivity index (χ0v) is 15.8. The molecule has 3 rings (SSSR count). The first-order chi connectivity index (χ1) is 11.8. The third-order valence-corrected chi connectivity index (χ3v) is 7.05. The van der Waals surface area contributed by atoms with E-state index in [9.17, 15) is 23.3 Å². The van der Waals surface area contributed by atoms with Gasteiger partial charge in [0, 0.05) is 42.6 Å². The van der Waals surface area contributed by atoms with E-state index in [-0.39, 0.29) is 23.4 Å². The lowest BCUT2D eigenvalue weighted by Gasteiger charge is -2.36. The lowest BCUT2D eigenvalue weighted by molar-refractivity contribution is -0.387. The van der Waals surface area contributed by atoms with Crippen LogP contribution in [0, 0.1) is 10.1 Å². The normalized spacial score (nSPS) is 22.4. The van der Waals surface area contributed by atoms with E-state index in [0.717, 1.165) is 12.8 Å². The Hall–Kier alpha value is -1.52. The van der Waals surface area contributed by atoms with E-state index >= 15 is 0 Å². The summed E-state index contributed by atoms with van der Waals surface area (Å²) in [6, 6.07) is 3.76. The van der Waals surface area contributed by atoms with Crippen LogP contribution >= 0.6 is 15.9 Å². The summed E-state index contributed by atoms with van der Waals surface area (Å²) >= 11 is 3.13. The number of sulfonamides is 1. The minimum Gasteiger partial charge on any atom is -0.338 e. The number of benzene rings is 1. The monoisotopic (exact) mass is 431 g/mol. The highest BCUT2D eigenvalue weighted by atomic mass is 79.9. The van der Waals surface area contributed by atoms with Crippen molar-refractivity contribution >= 4 is 37.5 Å². The Morgan fingerprint density at radius 3 is 2.64 bits per heavy atom. The molecule has 1 unspecified atom stereocenters. The van der Waals surface area contributed by atoms with Crippen molar-refractivity contribution in [1.29, 1.82) is 0 Å². The lowest BCUT2D eigenvalue weighted by Crippen LogP contribution is -2.50. The molecule has 2 heterocycles. The molecule has 1 amide bonds. The molecule has 2 aliphatic heterocycles. The van der Waals surface area contributed by atoms with Crippen LogP contribution in [-0.2, 0) is 14.8 Å². The highest BCUT2D eigenvalue weighted by Gasteiger charge is 2.38. The maximum Gasteiger partial charge on any atom is 0.290 e. The molecule has 0 aromatic heterocycles. The van der Waals surface area contributed by atoms with E-state index in [1.165, 1.54) is 22.5 Å². The van der Waals surface area contributed by atoms with Crippen molar-refractivity contribution in [2.75, 3.05) is 19.6 Å². The van der Waals surface area contributed by atoms with Crippen molar-refractivity contribution in [3.05, 3.63) is 32.8 Å². The number of amides is 1. The minimum absolute atomic E-state index is 0.0545. The second-order valence-electron chi connectivity index (χ2n) is 6.22. The zero-order valence-electron chi connectivity index (χ0n) is 13.4. The topological polar surface area (TPSA) is 101 Å². The zero-order chi connectivity index (χ0) is 18.2. The highest BCUT2D eigenvalue weighted by molar-refractivity contribution is 9.10. The van der Waals surface area contributed by atoms with Crippen molar-refractivity contribution in [2.24, 2.45) is 0 Å². The van der Waals surface area contributed by atoms with Crippen LogP contribution in [0.2, 0.25) is 0 Å². The Morgan fingerprint density at radius 2 is 2.00 bits per heavy atom. The molecule has 0 N–H and O–H groups in total. The molecule has 1 atom stereocenters. The molecule has 0 radical (unpaired) electrons. The van der Waals surface area contributed by atoms with Gasteiger partial charge in [-0.3, -0.25) is 14.9 Å². The number of carbonyl (C=O) groups excluding carboxylic acids is 1. The SMILES string of the molecule is O=C1CCCN1C1CCCN(S(=O)(=O)c2ccc(Br)cc2[N+](=O)[O-])C1. The number of rotatable bonds is 4.